The van der Waals surface area contributed by atoms with Gasteiger partial charge in [0.05, 0.1) is 17.4 Å². The zero-order valence-electron chi connectivity index (χ0n) is 14.9. The van der Waals surface area contributed by atoms with Crippen LogP contribution in [0.25, 0.3) is 22.2 Å². The Morgan fingerprint density at radius 2 is 2.08 bits per heavy atom. The molecule has 1 saturated carbocycles. The van der Waals surface area contributed by atoms with Gasteiger partial charge in [0.1, 0.15) is 11.3 Å². The predicted molar refractivity (Wildman–Crippen MR) is 94.3 cm³/mol. The van der Waals surface area contributed by atoms with Crippen LogP contribution in [0, 0.1) is 5.82 Å². The molecule has 26 heavy (non-hydrogen) atoms. The summed E-state index contributed by atoms with van der Waals surface area (Å²) in [6, 6.07) is 3.35. The maximum atomic E-state index is 14.1. The summed E-state index contributed by atoms with van der Waals surface area (Å²) in [5.41, 5.74) is 1.84. The summed E-state index contributed by atoms with van der Waals surface area (Å²) in [6.45, 7) is 5.40. The van der Waals surface area contributed by atoms with Gasteiger partial charge < -0.3 is 4.74 Å². The molecule has 1 fully saturated rings. The maximum absolute atomic E-state index is 14.1. The molecule has 7 heteroatoms. The van der Waals surface area contributed by atoms with Crippen LogP contribution in [0.3, 0.4) is 0 Å². The van der Waals surface area contributed by atoms with E-state index in [2.05, 4.69) is 15.1 Å². The van der Waals surface area contributed by atoms with Gasteiger partial charge in [0.2, 0.25) is 0 Å². The molecule has 0 bridgehead atoms. The van der Waals surface area contributed by atoms with E-state index < -0.39 is 17.5 Å². The van der Waals surface area contributed by atoms with Crippen LogP contribution in [-0.4, -0.2) is 31.4 Å². The fourth-order valence-corrected chi connectivity index (χ4v) is 2.87. The lowest BCUT2D eigenvalue weighted by Crippen LogP contribution is -2.27. The Balaban J connectivity index is 1.85. The monoisotopic (exact) mass is 354 g/mol. The number of hydrogen-bond donors (Lipinski definition) is 0. The molecule has 0 radical (unpaired) electrons. The van der Waals surface area contributed by atoms with Crippen LogP contribution in [0.2, 0.25) is 0 Å². The van der Waals surface area contributed by atoms with Crippen LogP contribution in [0.1, 0.15) is 45.2 Å². The normalized spacial score (nSPS) is 14.6. The third-order valence-electron chi connectivity index (χ3n) is 4.14. The summed E-state index contributed by atoms with van der Waals surface area (Å²) in [5, 5.41) is 4.84. The van der Waals surface area contributed by atoms with Gasteiger partial charge in [0, 0.05) is 29.3 Å². The largest absolute Gasteiger partial charge is 0.442 e. The van der Waals surface area contributed by atoms with E-state index in [4.69, 9.17) is 4.74 Å². The first-order valence-corrected chi connectivity index (χ1v) is 8.56. The number of nitrogens with zero attached hydrogens (tertiary/aromatic N) is 4. The Morgan fingerprint density at radius 1 is 1.31 bits per heavy atom. The van der Waals surface area contributed by atoms with E-state index in [9.17, 15) is 9.18 Å². The van der Waals surface area contributed by atoms with E-state index in [1.54, 1.807) is 45.3 Å². The number of rotatable bonds is 2. The van der Waals surface area contributed by atoms with E-state index >= 15 is 0 Å². The highest BCUT2D eigenvalue weighted by Gasteiger charge is 2.32. The molecule has 1 aliphatic rings. The van der Waals surface area contributed by atoms with Gasteiger partial charge in [-0.2, -0.15) is 9.78 Å². The van der Waals surface area contributed by atoms with Gasteiger partial charge in [0.25, 0.3) is 0 Å². The number of hydrogen-bond acceptors (Lipinski definition) is 5. The van der Waals surface area contributed by atoms with Crippen molar-refractivity contribution in [3.05, 3.63) is 42.2 Å². The molecule has 3 aromatic rings. The first-order chi connectivity index (χ1) is 12.3. The summed E-state index contributed by atoms with van der Waals surface area (Å²) in [7, 11) is 0. The van der Waals surface area contributed by atoms with E-state index in [1.165, 1.54) is 10.9 Å². The quantitative estimate of drug-likeness (QED) is 0.686. The molecule has 6 nitrogen and oxygen atoms in total. The molecule has 3 aromatic heterocycles. The molecule has 0 aliphatic heterocycles. The number of ether oxygens (including phenoxy) is 1. The Morgan fingerprint density at radius 3 is 2.77 bits per heavy atom. The summed E-state index contributed by atoms with van der Waals surface area (Å²) < 4.78 is 20.7. The molecular formula is C19H19FN4O2. The van der Waals surface area contributed by atoms with Gasteiger partial charge in [-0.05, 0) is 45.7 Å². The summed E-state index contributed by atoms with van der Waals surface area (Å²) in [5.74, 6) is -0.149. The van der Waals surface area contributed by atoms with Gasteiger partial charge in [0.15, 0.2) is 5.82 Å². The number of carbonyl (C=O) groups is 1. The fraction of sp³-hybridized carbons (Fsp3) is 0.368. The highest BCUT2D eigenvalue weighted by molar-refractivity contribution is 5.92. The van der Waals surface area contributed by atoms with Crippen molar-refractivity contribution in [1.29, 1.82) is 0 Å². The van der Waals surface area contributed by atoms with Gasteiger partial charge in [-0.1, -0.05) is 0 Å². The van der Waals surface area contributed by atoms with Gasteiger partial charge >= 0.3 is 6.09 Å². The first-order valence-electron chi connectivity index (χ1n) is 8.56. The molecular weight excluding hydrogens is 335 g/mol. The molecule has 1 aliphatic carbocycles. The first kappa shape index (κ1) is 16.6. The van der Waals surface area contributed by atoms with E-state index in [0.29, 0.717) is 22.2 Å². The van der Waals surface area contributed by atoms with Crippen molar-refractivity contribution in [2.45, 2.75) is 45.1 Å². The fourth-order valence-electron chi connectivity index (χ4n) is 2.87. The van der Waals surface area contributed by atoms with Gasteiger partial charge in [-0.15, -0.1) is 0 Å². The topological polar surface area (TPSA) is 69.9 Å². The number of carbonyl (C=O) groups excluding carboxylic acids is 1. The molecule has 0 saturated heterocycles. The number of aromatic nitrogens is 4. The Kier molecular flexibility index (Phi) is 3.75. The van der Waals surface area contributed by atoms with Crippen molar-refractivity contribution >= 4 is 17.0 Å². The minimum atomic E-state index is -0.620. The Labute approximate surface area is 150 Å². The van der Waals surface area contributed by atoms with Crippen LogP contribution in [0.4, 0.5) is 9.18 Å². The van der Waals surface area contributed by atoms with Crippen LogP contribution >= 0.6 is 0 Å². The zero-order valence-corrected chi connectivity index (χ0v) is 14.9. The third kappa shape index (κ3) is 3.05. The molecule has 0 aromatic carbocycles. The zero-order chi connectivity index (χ0) is 18.5. The van der Waals surface area contributed by atoms with E-state index in [0.717, 1.165) is 18.5 Å². The van der Waals surface area contributed by atoms with Crippen molar-refractivity contribution in [2.75, 3.05) is 0 Å². The molecule has 134 valence electrons. The van der Waals surface area contributed by atoms with Gasteiger partial charge in [-0.3, -0.25) is 9.97 Å². The van der Waals surface area contributed by atoms with E-state index in [1.807, 2.05) is 0 Å². The molecule has 0 amide bonds. The van der Waals surface area contributed by atoms with Crippen molar-refractivity contribution < 1.29 is 13.9 Å². The summed E-state index contributed by atoms with van der Waals surface area (Å²) in [6.07, 6.45) is 5.85. The van der Waals surface area contributed by atoms with Crippen molar-refractivity contribution in [3.63, 3.8) is 0 Å². The second kappa shape index (κ2) is 5.86. The highest BCUT2D eigenvalue weighted by atomic mass is 19.1. The maximum Gasteiger partial charge on any atom is 0.435 e. The van der Waals surface area contributed by atoms with Crippen LogP contribution in [0.5, 0.6) is 0 Å². The predicted octanol–water partition coefficient (Wildman–Crippen LogP) is 4.29. The standard InChI is InChI=1S/C19H19FN4O2/c1-19(2,3)26-18(25)24-10-13(15(23-24)11-6-7-11)17-16-12(5-4-8-21-16)14(20)9-22-17/h4-5,8-11H,6-7H2,1-3H3. The molecule has 0 spiro atoms. The van der Waals surface area contributed by atoms with Crippen LogP contribution < -0.4 is 0 Å². The lowest BCUT2D eigenvalue weighted by Gasteiger charge is -2.18. The molecule has 0 unspecified atom stereocenters. The minimum absolute atomic E-state index is 0.277. The lowest BCUT2D eigenvalue weighted by molar-refractivity contribution is 0.0514. The third-order valence-corrected chi connectivity index (χ3v) is 4.14. The highest BCUT2D eigenvalue weighted by Crippen LogP contribution is 2.44. The number of pyridine rings is 2. The Hall–Kier alpha value is -2.83. The lowest BCUT2D eigenvalue weighted by atomic mass is 10.1. The van der Waals surface area contributed by atoms with Gasteiger partial charge in [-0.25, -0.2) is 9.18 Å². The van der Waals surface area contributed by atoms with Crippen LogP contribution in [0.15, 0.2) is 30.7 Å². The molecule has 3 heterocycles. The Bertz CT molecular complexity index is 1000. The average molecular weight is 354 g/mol. The second-order valence-electron chi connectivity index (χ2n) is 7.48. The average Bonchev–Trinajstić information content (AvgIpc) is 3.33. The van der Waals surface area contributed by atoms with Crippen molar-refractivity contribution in [1.82, 2.24) is 19.7 Å². The molecule has 4 rings (SSSR count). The van der Waals surface area contributed by atoms with Crippen LogP contribution in [-0.2, 0) is 4.74 Å². The van der Waals surface area contributed by atoms with Crippen molar-refractivity contribution in [3.8, 4) is 11.3 Å². The number of halogens is 1. The summed E-state index contributed by atoms with van der Waals surface area (Å²) >= 11 is 0. The smallest absolute Gasteiger partial charge is 0.435 e. The van der Waals surface area contributed by atoms with E-state index in [-0.39, 0.29) is 5.92 Å². The number of fused-ring (bicyclic) bond motifs is 1. The summed E-state index contributed by atoms with van der Waals surface area (Å²) in [4.78, 5) is 20.9. The molecule has 0 N–H and O–H groups in total. The van der Waals surface area contributed by atoms with Crippen molar-refractivity contribution in [2.24, 2.45) is 0 Å². The minimum Gasteiger partial charge on any atom is -0.442 e. The second-order valence-corrected chi connectivity index (χ2v) is 7.48. The molecule has 0 atom stereocenters. The SMILES string of the molecule is CC(C)(C)OC(=O)n1cc(-c2ncc(F)c3cccnc23)c(C2CC2)n1.